The van der Waals surface area contributed by atoms with Gasteiger partial charge in [-0.25, -0.2) is 0 Å². The number of carbonyl (C=O) groups is 1. The summed E-state index contributed by atoms with van der Waals surface area (Å²) in [5.41, 5.74) is 4.85. The van der Waals surface area contributed by atoms with Crippen LogP contribution in [0.3, 0.4) is 0 Å². The van der Waals surface area contributed by atoms with Gasteiger partial charge in [-0.3, -0.25) is 8.98 Å². The normalized spacial score (nSPS) is 11.0. The number of rotatable bonds is 14. The molecule has 0 aliphatic rings. The van der Waals surface area contributed by atoms with Gasteiger partial charge in [0.1, 0.15) is 0 Å². The van der Waals surface area contributed by atoms with Gasteiger partial charge in [0, 0.05) is 0 Å². The first-order chi connectivity index (χ1) is 9.91. The second kappa shape index (κ2) is 14.7. The van der Waals surface area contributed by atoms with Crippen LogP contribution in [0.1, 0.15) is 71.1 Å². The van der Waals surface area contributed by atoms with Crippen LogP contribution in [0, 0.1) is 0 Å². The first-order valence-corrected chi connectivity index (χ1v) is 9.20. The minimum atomic E-state index is -4.04. The van der Waals surface area contributed by atoms with Gasteiger partial charge in [0.15, 0.2) is 4.91 Å². The molecule has 0 radical (unpaired) electrons. The van der Waals surface area contributed by atoms with E-state index in [1.54, 1.807) is 0 Å². The van der Waals surface area contributed by atoms with Gasteiger partial charge >= 0.3 is 39.7 Å². The van der Waals surface area contributed by atoms with Crippen LogP contribution in [-0.2, 0) is 19.1 Å². The van der Waals surface area contributed by atoms with Crippen molar-refractivity contribution in [2.75, 3.05) is 6.61 Å². The van der Waals surface area contributed by atoms with Crippen LogP contribution in [0.15, 0.2) is 11.5 Å². The van der Waals surface area contributed by atoms with Crippen molar-refractivity contribution in [3.63, 3.8) is 0 Å². The van der Waals surface area contributed by atoms with E-state index in [4.69, 9.17) is 9.92 Å². The van der Waals surface area contributed by atoms with E-state index in [1.807, 2.05) is 0 Å². The maximum atomic E-state index is 11.4. The molecular formula is C15H30NNaO4S. The average molecular weight is 343 g/mol. The molecule has 0 saturated carbocycles. The molecule has 22 heavy (non-hydrogen) atoms. The molecule has 0 rings (SSSR count). The Labute approximate surface area is 157 Å². The van der Waals surface area contributed by atoms with Crippen molar-refractivity contribution in [1.29, 1.82) is 0 Å². The fourth-order valence-electron chi connectivity index (χ4n) is 1.95. The van der Waals surface area contributed by atoms with Crippen molar-refractivity contribution in [3.05, 3.63) is 11.5 Å². The molecule has 0 aliphatic heterocycles. The Morgan fingerprint density at radius 1 is 0.955 bits per heavy atom. The molecule has 0 atom stereocenters. The molecule has 0 fully saturated rings. The van der Waals surface area contributed by atoms with Gasteiger partial charge in [-0.1, -0.05) is 71.3 Å². The summed E-state index contributed by atoms with van der Waals surface area (Å²) in [4.78, 5) is 10.0. The Balaban J connectivity index is 0. The summed E-state index contributed by atoms with van der Waals surface area (Å²) in [5.74, 6) is -1.07. The third-order valence-corrected chi connectivity index (χ3v) is 4.59. The number of hydrogen-bond acceptors (Lipinski definition) is 4. The molecule has 0 aromatic carbocycles. The molecule has 0 aliphatic carbocycles. The Morgan fingerprint density at radius 2 is 1.36 bits per heavy atom. The van der Waals surface area contributed by atoms with Crippen molar-refractivity contribution in [2.45, 2.75) is 71.1 Å². The number of hydrogen-bond donors (Lipinski definition) is 1. The number of unbranched alkanes of at least 4 members (excludes halogenated alkanes) is 9. The number of amides is 1. The molecule has 0 unspecified atom stereocenters. The number of carbonyl (C=O) groups excluding carboxylic acids is 1. The Bertz CT molecular complexity index is 410. The monoisotopic (exact) mass is 343 g/mol. The topological polar surface area (TPSA) is 86.5 Å². The molecule has 0 aromatic heterocycles. The first kappa shape index (κ1) is 24.4. The summed E-state index contributed by atoms with van der Waals surface area (Å²) in [6.07, 6.45) is 11.6. The van der Waals surface area contributed by atoms with Crippen molar-refractivity contribution < 1.29 is 17.4 Å². The van der Waals surface area contributed by atoms with E-state index in [0.29, 0.717) is 6.42 Å². The van der Waals surface area contributed by atoms with Crippen molar-refractivity contribution in [3.8, 4) is 0 Å². The van der Waals surface area contributed by atoms with E-state index < -0.39 is 20.9 Å². The van der Waals surface area contributed by atoms with E-state index in [1.165, 1.54) is 44.9 Å². The fourth-order valence-corrected chi connectivity index (χ4v) is 2.68. The van der Waals surface area contributed by atoms with E-state index >= 15 is 0 Å². The summed E-state index contributed by atoms with van der Waals surface area (Å²) in [7, 11) is -4.04. The van der Waals surface area contributed by atoms with Crippen molar-refractivity contribution in [1.82, 2.24) is 0 Å². The first-order valence-electron chi connectivity index (χ1n) is 7.80. The Hall–Kier alpha value is 0.120. The summed E-state index contributed by atoms with van der Waals surface area (Å²) in [6.45, 7) is 5.39. The van der Waals surface area contributed by atoms with Crippen LogP contribution in [0.4, 0.5) is 0 Å². The van der Waals surface area contributed by atoms with Crippen LogP contribution < -0.4 is 5.73 Å². The van der Waals surface area contributed by atoms with E-state index in [9.17, 15) is 13.2 Å². The zero-order valence-corrected chi connectivity index (χ0v) is 13.9. The zero-order chi connectivity index (χ0) is 16.1. The van der Waals surface area contributed by atoms with E-state index in [2.05, 4.69) is 13.5 Å². The van der Waals surface area contributed by atoms with E-state index in [0.717, 1.165) is 12.8 Å². The average Bonchev–Trinajstić information content (AvgIpc) is 2.43. The SMILES string of the molecule is C=C(C(N)=O)S(=O)(=O)OCCCCCCCCCCCC.[NaH]. The van der Waals surface area contributed by atoms with Crippen LogP contribution in [0.2, 0.25) is 0 Å². The third-order valence-electron chi connectivity index (χ3n) is 3.31. The molecule has 7 heteroatoms. The van der Waals surface area contributed by atoms with Gasteiger partial charge in [-0.05, 0) is 6.42 Å². The van der Waals surface area contributed by atoms with Crippen LogP contribution >= 0.6 is 0 Å². The molecule has 0 heterocycles. The summed E-state index contributed by atoms with van der Waals surface area (Å²) < 4.78 is 27.5. The summed E-state index contributed by atoms with van der Waals surface area (Å²) in [5, 5.41) is 0. The van der Waals surface area contributed by atoms with Gasteiger partial charge in [-0.2, -0.15) is 8.42 Å². The molecule has 5 nitrogen and oxygen atoms in total. The third kappa shape index (κ3) is 12.6. The minimum absolute atomic E-state index is 0. The van der Waals surface area contributed by atoms with E-state index in [-0.39, 0.29) is 36.2 Å². The summed E-state index contributed by atoms with van der Waals surface area (Å²) in [6, 6.07) is 0. The summed E-state index contributed by atoms with van der Waals surface area (Å²) >= 11 is 0. The second-order valence-electron chi connectivity index (χ2n) is 5.25. The molecular weight excluding hydrogens is 313 g/mol. The molecule has 0 aromatic rings. The molecule has 0 saturated heterocycles. The van der Waals surface area contributed by atoms with Gasteiger partial charge in [0.2, 0.25) is 0 Å². The Kier molecular flexibility index (Phi) is 16.3. The molecule has 0 spiro atoms. The maximum absolute atomic E-state index is 11.4. The number of nitrogens with two attached hydrogens (primary N) is 1. The van der Waals surface area contributed by atoms with Gasteiger partial charge < -0.3 is 5.73 Å². The number of primary amides is 1. The molecule has 0 bridgehead atoms. The van der Waals surface area contributed by atoms with Crippen molar-refractivity contribution >= 4 is 45.6 Å². The quantitative estimate of drug-likeness (QED) is 0.227. The van der Waals surface area contributed by atoms with Crippen LogP contribution in [-0.4, -0.2) is 50.5 Å². The molecule has 126 valence electrons. The van der Waals surface area contributed by atoms with Crippen LogP contribution in [0.25, 0.3) is 0 Å². The standard InChI is InChI=1S/C15H29NO4S.Na.H/c1-3-4-5-6-7-8-9-10-11-12-13-20-21(18,19)14(2)15(16)17;;/h2-13H2,1H3,(H2,16,17);;. The van der Waals surface area contributed by atoms with Crippen LogP contribution in [0.5, 0.6) is 0 Å². The molecule has 2 N–H and O–H groups in total. The predicted molar refractivity (Wildman–Crippen MR) is 92.2 cm³/mol. The Morgan fingerprint density at radius 3 is 1.77 bits per heavy atom. The fraction of sp³-hybridized carbons (Fsp3) is 0.800. The second-order valence-corrected chi connectivity index (χ2v) is 6.88. The van der Waals surface area contributed by atoms with Gasteiger partial charge in [-0.15, -0.1) is 0 Å². The van der Waals surface area contributed by atoms with Gasteiger partial charge in [0.25, 0.3) is 5.91 Å². The molecule has 1 amide bonds. The van der Waals surface area contributed by atoms with Crippen molar-refractivity contribution in [2.24, 2.45) is 5.73 Å². The van der Waals surface area contributed by atoms with Gasteiger partial charge in [0.05, 0.1) is 6.61 Å². The zero-order valence-electron chi connectivity index (χ0n) is 13.1. The predicted octanol–water partition coefficient (Wildman–Crippen LogP) is 2.60.